The van der Waals surface area contributed by atoms with E-state index in [2.05, 4.69) is 0 Å². The molecule has 1 aliphatic heterocycles. The Kier molecular flexibility index (Phi) is 7.29. The van der Waals surface area contributed by atoms with Gasteiger partial charge in [0.15, 0.2) is 0 Å². The molecule has 2 unspecified atom stereocenters. The molecule has 0 amide bonds. The molecule has 0 bridgehead atoms. The fourth-order valence-corrected chi connectivity index (χ4v) is 3.90. The van der Waals surface area contributed by atoms with Crippen LogP contribution in [0.2, 0.25) is 0 Å². The van der Waals surface area contributed by atoms with E-state index >= 15 is 0 Å². The van der Waals surface area contributed by atoms with Crippen molar-refractivity contribution in [2.75, 3.05) is 31.6 Å². The van der Waals surface area contributed by atoms with Crippen molar-refractivity contribution in [3.63, 3.8) is 0 Å². The van der Waals surface area contributed by atoms with Crippen LogP contribution in [0, 0.1) is 11.8 Å². The number of nitrogens with zero attached hydrogens (tertiary/aromatic N) is 1. The molecule has 0 saturated carbocycles. The Labute approximate surface area is 144 Å². The monoisotopic (exact) mass is 311 g/mol. The van der Waals surface area contributed by atoms with E-state index in [1.807, 2.05) is 0 Å². The second-order valence-corrected chi connectivity index (χ2v) is 7.16. The van der Waals surface area contributed by atoms with Gasteiger partial charge in [-0.3, -0.25) is 4.55 Å². The molecule has 1 rings (SSSR count). The molecule has 1 N–H and O–H groups in total. The van der Waals surface area contributed by atoms with Crippen molar-refractivity contribution in [3.8, 4) is 0 Å². The predicted molar refractivity (Wildman–Crippen MR) is 55.5 cm³/mol. The number of hydrogen-bond donors (Lipinski definition) is 1. The molecule has 1 saturated heterocycles. The van der Waals surface area contributed by atoms with Gasteiger partial charge in [-0.1, -0.05) is 0 Å². The van der Waals surface area contributed by atoms with Gasteiger partial charge in [-0.25, -0.2) is 8.42 Å². The summed E-state index contributed by atoms with van der Waals surface area (Å²) in [4.78, 5) is 1.74. The maximum atomic E-state index is 10.7. The van der Waals surface area contributed by atoms with Gasteiger partial charge in [-0.15, -0.1) is 0 Å². The Morgan fingerprint density at radius 3 is 1.94 bits per heavy atom. The van der Waals surface area contributed by atoms with E-state index in [0.29, 0.717) is 13.1 Å². The minimum Gasteiger partial charge on any atom is -0.748 e. The molecule has 0 spiro atoms. The summed E-state index contributed by atoms with van der Waals surface area (Å²) in [6, 6.07) is 0. The first kappa shape index (κ1) is 18.4. The summed E-state index contributed by atoms with van der Waals surface area (Å²) in [6.07, 6.45) is 0. The molecule has 17 heavy (non-hydrogen) atoms. The zero-order valence-electron chi connectivity index (χ0n) is 9.74. The van der Waals surface area contributed by atoms with Crippen LogP contribution >= 0.6 is 0 Å². The first-order valence-corrected chi connectivity index (χ1v) is 7.83. The van der Waals surface area contributed by atoms with E-state index in [-0.39, 0.29) is 51.4 Å². The van der Waals surface area contributed by atoms with Crippen LogP contribution in [0.4, 0.5) is 0 Å². The molecule has 10 heteroatoms. The second-order valence-electron chi connectivity index (χ2n) is 4.21. The fraction of sp³-hybridized carbons (Fsp3) is 1.00. The molecular formula is C7H14KNO6S2. The third-order valence-corrected chi connectivity index (χ3v) is 4.29. The molecule has 0 aromatic rings. The summed E-state index contributed by atoms with van der Waals surface area (Å²) >= 11 is 0. The quantitative estimate of drug-likeness (QED) is 0.412. The van der Waals surface area contributed by atoms with E-state index in [1.54, 1.807) is 11.9 Å². The summed E-state index contributed by atoms with van der Waals surface area (Å²) in [7, 11) is -6.81. The van der Waals surface area contributed by atoms with Gasteiger partial charge in [-0.05, 0) is 18.9 Å². The van der Waals surface area contributed by atoms with E-state index in [9.17, 15) is 21.4 Å². The normalized spacial score (nSPS) is 26.8. The molecule has 0 aliphatic carbocycles. The fourth-order valence-electron chi connectivity index (χ4n) is 2.08. The Morgan fingerprint density at radius 1 is 1.18 bits per heavy atom. The van der Waals surface area contributed by atoms with E-state index in [4.69, 9.17) is 4.55 Å². The van der Waals surface area contributed by atoms with Crippen molar-refractivity contribution in [2.45, 2.75) is 0 Å². The molecule has 96 valence electrons. The number of rotatable bonds is 4. The van der Waals surface area contributed by atoms with Crippen molar-refractivity contribution < 1.29 is 77.3 Å². The molecule has 2 atom stereocenters. The summed E-state index contributed by atoms with van der Waals surface area (Å²) in [5, 5.41) is 0. The third kappa shape index (κ3) is 7.55. The van der Waals surface area contributed by atoms with Gasteiger partial charge >= 0.3 is 51.4 Å². The van der Waals surface area contributed by atoms with Crippen molar-refractivity contribution in [3.05, 3.63) is 0 Å². The first-order chi connectivity index (χ1) is 7.07. The van der Waals surface area contributed by atoms with Gasteiger partial charge in [-0.2, -0.15) is 8.42 Å². The number of likely N-dealkylation sites (tertiary alicyclic amines) is 1. The molecular weight excluding hydrogens is 297 g/mol. The molecule has 1 aliphatic rings. The van der Waals surface area contributed by atoms with E-state index in [0.717, 1.165) is 0 Å². The molecule has 0 aromatic heterocycles. The number of hydrogen-bond acceptors (Lipinski definition) is 6. The van der Waals surface area contributed by atoms with Gasteiger partial charge in [0.2, 0.25) is 0 Å². The third-order valence-electron chi connectivity index (χ3n) is 2.60. The summed E-state index contributed by atoms with van der Waals surface area (Å²) in [5.74, 6) is -2.13. The average Bonchev–Trinajstić information content (AvgIpc) is 2.23. The van der Waals surface area contributed by atoms with Crippen LogP contribution in [0.1, 0.15) is 0 Å². The van der Waals surface area contributed by atoms with E-state index in [1.165, 1.54) is 0 Å². The van der Waals surface area contributed by atoms with Gasteiger partial charge in [0.25, 0.3) is 10.1 Å². The average molecular weight is 311 g/mol. The SMILES string of the molecule is CN1CC(CS(=O)(=O)[O-])C(CS(=O)(=O)O)C1.[K+]. The zero-order valence-corrected chi connectivity index (χ0v) is 14.5. The molecule has 1 heterocycles. The van der Waals surface area contributed by atoms with Crippen LogP contribution < -0.4 is 51.4 Å². The smallest absolute Gasteiger partial charge is 0.748 e. The maximum Gasteiger partial charge on any atom is 1.00 e. The van der Waals surface area contributed by atoms with Gasteiger partial charge in [0.1, 0.15) is 0 Å². The summed E-state index contributed by atoms with van der Waals surface area (Å²) in [5.41, 5.74) is 0. The van der Waals surface area contributed by atoms with Crippen LogP contribution in [-0.4, -0.2) is 62.5 Å². The summed E-state index contributed by atoms with van der Waals surface area (Å²) < 4.78 is 62.0. The molecule has 0 aromatic carbocycles. The van der Waals surface area contributed by atoms with Crippen LogP contribution in [-0.2, 0) is 20.2 Å². The van der Waals surface area contributed by atoms with E-state index < -0.39 is 43.6 Å². The minimum atomic E-state index is -4.37. The largest absolute Gasteiger partial charge is 1.00 e. The predicted octanol–water partition coefficient (Wildman–Crippen LogP) is -4.40. The Morgan fingerprint density at radius 2 is 1.59 bits per heavy atom. The van der Waals surface area contributed by atoms with Crippen LogP contribution in [0.5, 0.6) is 0 Å². The zero-order chi connectivity index (χ0) is 12.6. The molecule has 1 fully saturated rings. The Balaban J connectivity index is 0.00000256. The van der Waals surface area contributed by atoms with Crippen LogP contribution in [0.25, 0.3) is 0 Å². The standard InChI is InChI=1S/C7H15NO6S2.K/c1-8-2-6(4-15(9,10)11)7(3-8)5-16(12,13)14;/h6-7H,2-5H2,1H3,(H,9,10,11)(H,12,13,14);/q;+1/p-1. The van der Waals surface area contributed by atoms with Gasteiger partial charge in [0.05, 0.1) is 15.9 Å². The Hall–Kier alpha value is 1.42. The van der Waals surface area contributed by atoms with Gasteiger partial charge in [0, 0.05) is 18.8 Å². The Bertz CT molecular complexity index is 405. The van der Waals surface area contributed by atoms with Crippen molar-refractivity contribution in [1.29, 1.82) is 0 Å². The summed E-state index contributed by atoms with van der Waals surface area (Å²) in [6.45, 7) is 0.710. The molecule has 7 nitrogen and oxygen atoms in total. The van der Waals surface area contributed by atoms with Crippen LogP contribution in [0.15, 0.2) is 0 Å². The maximum absolute atomic E-state index is 10.7. The first-order valence-electron chi connectivity index (χ1n) is 4.64. The van der Waals surface area contributed by atoms with Crippen LogP contribution in [0.3, 0.4) is 0 Å². The topological polar surface area (TPSA) is 115 Å². The minimum absolute atomic E-state index is 0. The molecule has 0 radical (unpaired) electrons. The van der Waals surface area contributed by atoms with Crippen molar-refractivity contribution in [2.24, 2.45) is 11.8 Å². The van der Waals surface area contributed by atoms with Crippen molar-refractivity contribution >= 4 is 20.2 Å². The second kappa shape index (κ2) is 6.73. The van der Waals surface area contributed by atoms with Gasteiger partial charge < -0.3 is 9.45 Å². The van der Waals surface area contributed by atoms with Crippen molar-refractivity contribution in [1.82, 2.24) is 4.90 Å².